The van der Waals surface area contributed by atoms with Crippen LogP contribution in [0.3, 0.4) is 0 Å². The average molecular weight is 407 g/mol. The van der Waals surface area contributed by atoms with E-state index in [4.69, 9.17) is 0 Å². The first-order valence-corrected chi connectivity index (χ1v) is 13.3. The minimum atomic E-state index is 0.795. The number of aryl methyl sites for hydroxylation is 1. The normalized spacial score (nSPS) is 19.4. The minimum absolute atomic E-state index is 0.795. The number of hydrogen-bond donors (Lipinski definition) is 0. The highest BCUT2D eigenvalue weighted by atomic mass is 14.3. The summed E-state index contributed by atoms with van der Waals surface area (Å²) in [6, 6.07) is 14.5. The molecule has 1 fully saturated rings. The quantitative estimate of drug-likeness (QED) is 0.290. The van der Waals surface area contributed by atoms with Crippen molar-refractivity contribution < 1.29 is 0 Å². The Morgan fingerprint density at radius 1 is 0.633 bits per heavy atom. The molecule has 0 heteroatoms. The van der Waals surface area contributed by atoms with Crippen molar-refractivity contribution in [3.63, 3.8) is 0 Å². The molecule has 2 aromatic carbocycles. The summed E-state index contributed by atoms with van der Waals surface area (Å²) in [5, 5.41) is 2.88. The van der Waals surface area contributed by atoms with Crippen LogP contribution in [0.5, 0.6) is 0 Å². The van der Waals surface area contributed by atoms with Gasteiger partial charge < -0.3 is 0 Å². The van der Waals surface area contributed by atoms with Crippen LogP contribution in [-0.2, 0) is 6.42 Å². The molecule has 0 nitrogen and oxygen atoms in total. The summed E-state index contributed by atoms with van der Waals surface area (Å²) in [5.41, 5.74) is 3.11. The van der Waals surface area contributed by atoms with Crippen molar-refractivity contribution >= 4 is 10.8 Å². The monoisotopic (exact) mass is 406 g/mol. The molecule has 0 spiro atoms. The van der Waals surface area contributed by atoms with E-state index in [9.17, 15) is 0 Å². The molecule has 166 valence electrons. The summed E-state index contributed by atoms with van der Waals surface area (Å²) in [6.07, 6.45) is 22.4. The van der Waals surface area contributed by atoms with Crippen molar-refractivity contribution in [2.45, 2.75) is 122 Å². The van der Waals surface area contributed by atoms with Crippen LogP contribution in [0, 0.1) is 5.92 Å². The van der Waals surface area contributed by atoms with Gasteiger partial charge in [-0.15, -0.1) is 0 Å². The third kappa shape index (κ3) is 7.44. The standard InChI is InChI=1S/C30H46/c1-3-5-7-9-11-13-25-15-18-27(19-16-25)29-22-21-28-23-26(17-20-30(28)24-29)14-12-10-8-6-4-2/h17,20-25,27H,3-16,18-19H2,1-2H3/t25-,27-. The molecule has 1 aliphatic rings. The van der Waals surface area contributed by atoms with Crippen molar-refractivity contribution in [2.24, 2.45) is 5.92 Å². The maximum Gasteiger partial charge on any atom is -0.0162 e. The lowest BCUT2D eigenvalue weighted by molar-refractivity contribution is 0.302. The Kier molecular flexibility index (Phi) is 10.3. The Labute approximate surface area is 186 Å². The van der Waals surface area contributed by atoms with Crippen molar-refractivity contribution in [3.05, 3.63) is 47.5 Å². The Balaban J connectivity index is 1.46. The summed E-state index contributed by atoms with van der Waals surface area (Å²) in [6.45, 7) is 4.60. The van der Waals surface area contributed by atoms with Crippen LogP contribution in [0.1, 0.15) is 127 Å². The Hall–Kier alpha value is -1.30. The van der Waals surface area contributed by atoms with E-state index in [1.54, 1.807) is 5.56 Å². The topological polar surface area (TPSA) is 0 Å². The zero-order valence-electron chi connectivity index (χ0n) is 19.9. The van der Waals surface area contributed by atoms with Gasteiger partial charge in [0.15, 0.2) is 0 Å². The summed E-state index contributed by atoms with van der Waals surface area (Å²) < 4.78 is 0. The molecular formula is C30H46. The van der Waals surface area contributed by atoms with E-state index in [0.29, 0.717) is 0 Å². The van der Waals surface area contributed by atoms with E-state index in [1.807, 2.05) is 0 Å². The Morgan fingerprint density at radius 3 is 2.00 bits per heavy atom. The molecule has 0 radical (unpaired) electrons. The van der Waals surface area contributed by atoms with Crippen molar-refractivity contribution in [2.75, 3.05) is 0 Å². The van der Waals surface area contributed by atoms with Crippen molar-refractivity contribution in [1.29, 1.82) is 0 Å². The molecule has 0 amide bonds. The van der Waals surface area contributed by atoms with Crippen molar-refractivity contribution in [1.82, 2.24) is 0 Å². The third-order valence-electron chi connectivity index (χ3n) is 7.53. The van der Waals surface area contributed by atoms with Crippen LogP contribution in [0.4, 0.5) is 0 Å². The molecule has 1 aliphatic carbocycles. The van der Waals surface area contributed by atoms with Gasteiger partial charge in [-0.25, -0.2) is 0 Å². The molecule has 0 saturated heterocycles. The molecule has 0 bridgehead atoms. The van der Waals surface area contributed by atoms with Crippen LogP contribution in [0.2, 0.25) is 0 Å². The molecule has 0 heterocycles. The molecule has 0 aromatic heterocycles. The molecular weight excluding hydrogens is 360 g/mol. The Bertz CT molecular complexity index is 720. The van der Waals surface area contributed by atoms with Gasteiger partial charge in [-0.2, -0.15) is 0 Å². The average Bonchev–Trinajstić information content (AvgIpc) is 2.79. The molecule has 1 saturated carbocycles. The molecule has 0 unspecified atom stereocenters. The number of benzene rings is 2. The van der Waals surface area contributed by atoms with E-state index in [0.717, 1.165) is 11.8 Å². The Morgan fingerprint density at radius 2 is 1.27 bits per heavy atom. The van der Waals surface area contributed by atoms with E-state index >= 15 is 0 Å². The first-order chi connectivity index (χ1) is 14.8. The van der Waals surface area contributed by atoms with E-state index in [2.05, 4.69) is 50.2 Å². The summed E-state index contributed by atoms with van der Waals surface area (Å²) in [7, 11) is 0. The smallest absolute Gasteiger partial charge is 0.0162 e. The second kappa shape index (κ2) is 13.2. The minimum Gasteiger partial charge on any atom is -0.0654 e. The predicted molar refractivity (Wildman–Crippen MR) is 134 cm³/mol. The van der Waals surface area contributed by atoms with Crippen LogP contribution >= 0.6 is 0 Å². The second-order valence-electron chi connectivity index (χ2n) is 10.0. The van der Waals surface area contributed by atoms with Crippen LogP contribution in [-0.4, -0.2) is 0 Å². The van der Waals surface area contributed by atoms with Gasteiger partial charge in [0.1, 0.15) is 0 Å². The SMILES string of the molecule is CCCCCCCc1ccc2cc([C@H]3CC[C@H](CCCCCCC)CC3)ccc2c1. The largest absolute Gasteiger partial charge is 0.0654 e. The second-order valence-corrected chi connectivity index (χ2v) is 10.0. The number of hydrogen-bond acceptors (Lipinski definition) is 0. The van der Waals surface area contributed by atoms with Gasteiger partial charge in [-0.1, -0.05) is 114 Å². The van der Waals surface area contributed by atoms with Gasteiger partial charge in [-0.3, -0.25) is 0 Å². The summed E-state index contributed by atoms with van der Waals surface area (Å²) in [4.78, 5) is 0. The van der Waals surface area contributed by atoms with Crippen LogP contribution in [0.15, 0.2) is 36.4 Å². The lowest BCUT2D eigenvalue weighted by atomic mass is 9.76. The van der Waals surface area contributed by atoms with Gasteiger partial charge in [0, 0.05) is 0 Å². The van der Waals surface area contributed by atoms with Gasteiger partial charge >= 0.3 is 0 Å². The summed E-state index contributed by atoms with van der Waals surface area (Å²) in [5.74, 6) is 1.80. The molecule has 2 aromatic rings. The maximum atomic E-state index is 2.50. The van der Waals surface area contributed by atoms with E-state index < -0.39 is 0 Å². The number of fused-ring (bicyclic) bond motifs is 1. The van der Waals surface area contributed by atoms with E-state index in [-0.39, 0.29) is 0 Å². The first-order valence-electron chi connectivity index (χ1n) is 13.3. The highest BCUT2D eigenvalue weighted by molar-refractivity contribution is 5.84. The summed E-state index contributed by atoms with van der Waals surface area (Å²) >= 11 is 0. The molecule has 0 atom stereocenters. The lowest BCUT2D eigenvalue weighted by Crippen LogP contribution is -2.13. The molecule has 30 heavy (non-hydrogen) atoms. The van der Waals surface area contributed by atoms with Gasteiger partial charge in [0.05, 0.1) is 0 Å². The highest BCUT2D eigenvalue weighted by Gasteiger charge is 2.22. The third-order valence-corrected chi connectivity index (χ3v) is 7.53. The zero-order chi connectivity index (χ0) is 21.0. The zero-order valence-corrected chi connectivity index (χ0v) is 19.9. The number of rotatable bonds is 13. The van der Waals surface area contributed by atoms with Gasteiger partial charge in [-0.05, 0) is 72.3 Å². The van der Waals surface area contributed by atoms with E-state index in [1.165, 1.54) is 119 Å². The van der Waals surface area contributed by atoms with Crippen LogP contribution < -0.4 is 0 Å². The fraction of sp³-hybridized carbons (Fsp3) is 0.667. The fourth-order valence-electron chi connectivity index (χ4n) is 5.48. The van der Waals surface area contributed by atoms with Gasteiger partial charge in [0.25, 0.3) is 0 Å². The fourth-order valence-corrected chi connectivity index (χ4v) is 5.48. The first kappa shape index (κ1) is 23.4. The highest BCUT2D eigenvalue weighted by Crippen LogP contribution is 2.38. The number of unbranched alkanes of at least 4 members (excludes halogenated alkanes) is 8. The van der Waals surface area contributed by atoms with Crippen molar-refractivity contribution in [3.8, 4) is 0 Å². The molecule has 0 aliphatic heterocycles. The molecule has 3 rings (SSSR count). The predicted octanol–water partition coefficient (Wildman–Crippen LogP) is 9.99. The maximum absolute atomic E-state index is 2.50. The lowest BCUT2D eigenvalue weighted by Gasteiger charge is -2.29. The molecule has 0 N–H and O–H groups in total. The van der Waals surface area contributed by atoms with Gasteiger partial charge in [0.2, 0.25) is 0 Å². The van der Waals surface area contributed by atoms with Crippen LogP contribution in [0.25, 0.3) is 10.8 Å².